The number of pyridine rings is 1. The summed E-state index contributed by atoms with van der Waals surface area (Å²) in [6.07, 6.45) is 2.72. The maximum atomic E-state index is 13.8. The minimum atomic E-state index is -3.63. The lowest BCUT2D eigenvalue weighted by molar-refractivity contribution is 0.0984. The summed E-state index contributed by atoms with van der Waals surface area (Å²) < 4.78 is 29.2. The van der Waals surface area contributed by atoms with Gasteiger partial charge in [0, 0.05) is 24.8 Å². The average Bonchev–Trinajstić information content (AvgIpc) is 3.29. The maximum absolute atomic E-state index is 13.8. The van der Waals surface area contributed by atoms with Gasteiger partial charge in [0.2, 0.25) is 10.0 Å². The lowest BCUT2D eigenvalue weighted by Crippen LogP contribution is -2.42. The van der Waals surface area contributed by atoms with Crippen molar-refractivity contribution in [3.05, 3.63) is 83.2 Å². The summed E-state index contributed by atoms with van der Waals surface area (Å²) in [6.45, 7) is 9.56. The second-order valence-electron chi connectivity index (χ2n) is 10.4. The summed E-state index contributed by atoms with van der Waals surface area (Å²) in [4.78, 5) is 24.8. The van der Waals surface area contributed by atoms with E-state index in [0.29, 0.717) is 35.6 Å². The van der Waals surface area contributed by atoms with Crippen LogP contribution in [0.25, 0.3) is 10.2 Å². The molecule has 7 nitrogen and oxygen atoms in total. The first-order chi connectivity index (χ1) is 18.1. The number of benzene rings is 2. The Morgan fingerprint density at radius 1 is 1.03 bits per heavy atom. The number of hydrogen-bond donors (Lipinski definition) is 0. The molecule has 1 amide bonds. The van der Waals surface area contributed by atoms with Crippen LogP contribution in [0.4, 0.5) is 5.13 Å². The van der Waals surface area contributed by atoms with Crippen LogP contribution in [-0.2, 0) is 16.6 Å². The number of carbonyl (C=O) groups excluding carboxylic acids is 1. The molecule has 0 unspecified atom stereocenters. The number of thiazole rings is 1. The molecule has 0 bridgehead atoms. The van der Waals surface area contributed by atoms with Crippen LogP contribution in [0.3, 0.4) is 0 Å². The molecular formula is C29H32N4O3S2. The third kappa shape index (κ3) is 5.36. The lowest BCUT2D eigenvalue weighted by Gasteiger charge is -2.34. The first-order valence-electron chi connectivity index (χ1n) is 12.8. The molecule has 1 fully saturated rings. The van der Waals surface area contributed by atoms with Crippen molar-refractivity contribution in [2.24, 2.45) is 11.8 Å². The monoisotopic (exact) mass is 548 g/mol. The third-order valence-corrected chi connectivity index (χ3v) is 9.98. The van der Waals surface area contributed by atoms with Crippen molar-refractivity contribution < 1.29 is 13.2 Å². The number of aromatic nitrogens is 2. The van der Waals surface area contributed by atoms with E-state index in [0.717, 1.165) is 27.9 Å². The number of amides is 1. The number of rotatable bonds is 6. The van der Waals surface area contributed by atoms with Crippen LogP contribution in [0.5, 0.6) is 0 Å². The molecule has 0 aliphatic carbocycles. The Labute approximate surface area is 228 Å². The van der Waals surface area contributed by atoms with Gasteiger partial charge in [-0.25, -0.2) is 13.4 Å². The fourth-order valence-corrected chi connectivity index (χ4v) is 7.76. The maximum Gasteiger partial charge on any atom is 0.260 e. The van der Waals surface area contributed by atoms with Gasteiger partial charge in [-0.3, -0.25) is 14.7 Å². The Kier molecular flexibility index (Phi) is 7.35. The average molecular weight is 549 g/mol. The van der Waals surface area contributed by atoms with E-state index in [1.165, 1.54) is 29.0 Å². The first kappa shape index (κ1) is 26.5. The molecule has 4 aromatic rings. The normalized spacial score (nSPS) is 18.5. The van der Waals surface area contributed by atoms with Crippen LogP contribution >= 0.6 is 11.3 Å². The molecule has 2 aromatic heterocycles. The number of carbonyl (C=O) groups is 1. The minimum absolute atomic E-state index is 0.206. The molecule has 1 aliphatic heterocycles. The van der Waals surface area contributed by atoms with Gasteiger partial charge in [0.1, 0.15) is 0 Å². The van der Waals surface area contributed by atoms with Crippen LogP contribution in [0, 0.1) is 25.7 Å². The lowest BCUT2D eigenvalue weighted by atomic mass is 9.94. The summed E-state index contributed by atoms with van der Waals surface area (Å²) in [5, 5.41) is 0.577. The van der Waals surface area contributed by atoms with Gasteiger partial charge >= 0.3 is 0 Å². The smallest absolute Gasteiger partial charge is 0.260 e. The van der Waals surface area contributed by atoms with Crippen LogP contribution in [0.15, 0.2) is 65.7 Å². The molecule has 2 atom stereocenters. The molecule has 1 aliphatic rings. The fraction of sp³-hybridized carbons (Fsp3) is 0.345. The summed E-state index contributed by atoms with van der Waals surface area (Å²) in [5.74, 6) is 0.374. The van der Waals surface area contributed by atoms with Crippen molar-refractivity contribution in [1.82, 2.24) is 14.3 Å². The minimum Gasteiger partial charge on any atom is -0.278 e. The Hall–Kier alpha value is -3.14. The summed E-state index contributed by atoms with van der Waals surface area (Å²) in [6, 6.07) is 16.0. The predicted molar refractivity (Wildman–Crippen MR) is 152 cm³/mol. The highest BCUT2D eigenvalue weighted by molar-refractivity contribution is 7.89. The van der Waals surface area contributed by atoms with Crippen LogP contribution in [0.2, 0.25) is 0 Å². The van der Waals surface area contributed by atoms with E-state index < -0.39 is 10.0 Å². The molecule has 5 rings (SSSR count). The largest absolute Gasteiger partial charge is 0.278 e. The Balaban J connectivity index is 1.46. The number of aryl methyl sites for hydroxylation is 2. The third-order valence-electron chi connectivity index (χ3n) is 7.09. The summed E-state index contributed by atoms with van der Waals surface area (Å²) >= 11 is 1.46. The van der Waals surface area contributed by atoms with Gasteiger partial charge in [-0.15, -0.1) is 0 Å². The predicted octanol–water partition coefficient (Wildman–Crippen LogP) is 5.82. The molecule has 0 saturated carbocycles. The Morgan fingerprint density at radius 3 is 2.37 bits per heavy atom. The van der Waals surface area contributed by atoms with E-state index in [1.54, 1.807) is 27.5 Å². The second kappa shape index (κ2) is 10.6. The Bertz CT molecular complexity index is 1520. The standard InChI is InChI=1S/C29H32N4O3S2/c1-19-13-20(2)17-32(16-19)38(35,36)25-10-8-23(9-11-25)28(34)33(18-24-7-5-6-12-30-24)29-31-26-14-21(3)22(4)15-27(26)37-29/h5-12,14-15,19-20H,13,16-18H2,1-4H3/t19-,20-/m1/s1. The number of fused-ring (bicyclic) bond motifs is 1. The van der Waals surface area contributed by atoms with Crippen LogP contribution < -0.4 is 4.90 Å². The zero-order valence-corrected chi connectivity index (χ0v) is 23.7. The second-order valence-corrected chi connectivity index (χ2v) is 13.4. The van der Waals surface area contributed by atoms with E-state index in [1.807, 2.05) is 31.2 Å². The molecule has 0 spiro atoms. The molecule has 0 N–H and O–H groups in total. The van der Waals surface area contributed by atoms with Crippen molar-refractivity contribution >= 4 is 42.6 Å². The molecule has 2 aromatic carbocycles. The zero-order chi connectivity index (χ0) is 27.0. The van der Waals surface area contributed by atoms with E-state index in [2.05, 4.69) is 31.8 Å². The molecular weight excluding hydrogens is 516 g/mol. The topological polar surface area (TPSA) is 83.5 Å². The van der Waals surface area contributed by atoms with Crippen molar-refractivity contribution in [3.63, 3.8) is 0 Å². The molecule has 198 valence electrons. The summed E-state index contributed by atoms with van der Waals surface area (Å²) in [5.41, 5.74) is 4.29. The van der Waals surface area contributed by atoms with Crippen molar-refractivity contribution in [3.8, 4) is 0 Å². The molecule has 1 saturated heterocycles. The number of nitrogens with zero attached hydrogens (tertiary/aromatic N) is 4. The molecule has 38 heavy (non-hydrogen) atoms. The zero-order valence-electron chi connectivity index (χ0n) is 22.1. The van der Waals surface area contributed by atoms with Crippen LogP contribution in [-0.4, -0.2) is 41.7 Å². The fourth-order valence-electron chi connectivity index (χ4n) is 5.04. The first-order valence-corrected chi connectivity index (χ1v) is 15.1. The van der Waals surface area contributed by atoms with E-state index >= 15 is 0 Å². The van der Waals surface area contributed by atoms with Gasteiger partial charge in [-0.2, -0.15) is 4.31 Å². The highest BCUT2D eigenvalue weighted by Crippen LogP contribution is 2.33. The van der Waals surface area contributed by atoms with Gasteiger partial charge in [-0.1, -0.05) is 31.3 Å². The van der Waals surface area contributed by atoms with Gasteiger partial charge in [-0.05, 0) is 91.8 Å². The molecule has 3 heterocycles. The SMILES string of the molecule is Cc1cc2nc(N(Cc3ccccn3)C(=O)c3ccc(S(=O)(=O)N4C[C@H](C)C[C@@H](C)C4)cc3)sc2cc1C. The van der Waals surface area contributed by atoms with E-state index in [-0.39, 0.29) is 17.3 Å². The van der Waals surface area contributed by atoms with Gasteiger partial charge in [0.15, 0.2) is 5.13 Å². The molecule has 9 heteroatoms. The van der Waals surface area contributed by atoms with Crippen molar-refractivity contribution in [1.29, 1.82) is 0 Å². The number of piperidine rings is 1. The van der Waals surface area contributed by atoms with Gasteiger partial charge in [0.05, 0.1) is 27.4 Å². The van der Waals surface area contributed by atoms with Crippen LogP contribution in [0.1, 0.15) is 47.4 Å². The van der Waals surface area contributed by atoms with Gasteiger partial charge in [0.25, 0.3) is 5.91 Å². The van der Waals surface area contributed by atoms with E-state index in [4.69, 9.17) is 4.98 Å². The molecule has 0 radical (unpaired) electrons. The van der Waals surface area contributed by atoms with Crippen molar-refractivity contribution in [2.45, 2.75) is 45.6 Å². The number of hydrogen-bond acceptors (Lipinski definition) is 6. The highest BCUT2D eigenvalue weighted by Gasteiger charge is 2.32. The van der Waals surface area contributed by atoms with E-state index in [9.17, 15) is 13.2 Å². The number of sulfonamides is 1. The summed E-state index contributed by atoms with van der Waals surface area (Å²) in [7, 11) is -3.63. The Morgan fingerprint density at radius 2 is 1.71 bits per heavy atom. The highest BCUT2D eigenvalue weighted by atomic mass is 32.2. The van der Waals surface area contributed by atoms with Gasteiger partial charge < -0.3 is 0 Å². The number of anilines is 1. The van der Waals surface area contributed by atoms with Crippen molar-refractivity contribution in [2.75, 3.05) is 18.0 Å². The quantitative estimate of drug-likeness (QED) is 0.303.